The molecule has 1 amide bonds. The van der Waals surface area contributed by atoms with Gasteiger partial charge in [0.1, 0.15) is 11.9 Å². The fraction of sp³-hybridized carbons (Fsp3) is 0.292. The maximum Gasteiger partial charge on any atom is 0.333 e. The van der Waals surface area contributed by atoms with E-state index in [2.05, 4.69) is 11.6 Å². The molecule has 0 bridgehead atoms. The topological polar surface area (TPSA) is 88.7 Å². The van der Waals surface area contributed by atoms with Gasteiger partial charge in [-0.25, -0.2) is 9.59 Å². The number of nitrogens with one attached hydrogen (secondary N) is 1. The highest BCUT2D eigenvalue weighted by Gasteiger charge is 2.43. The molecule has 1 aromatic carbocycles. The lowest BCUT2D eigenvalue weighted by Gasteiger charge is -2.40. The molecule has 2 heterocycles. The van der Waals surface area contributed by atoms with Crippen LogP contribution in [0.15, 0.2) is 60.2 Å². The van der Waals surface area contributed by atoms with Gasteiger partial charge in [-0.15, -0.1) is 11.6 Å². The molecule has 7 nitrogen and oxygen atoms in total. The number of carbonyl (C=O) groups excluding carboxylic acids is 3. The molecular weight excluding hydrogens is 432 g/mol. The predicted molar refractivity (Wildman–Crippen MR) is 122 cm³/mol. The number of benzene rings is 1. The van der Waals surface area contributed by atoms with E-state index in [4.69, 9.17) is 21.1 Å². The molecule has 0 unspecified atom stereocenters. The third-order valence-corrected chi connectivity index (χ3v) is 5.75. The van der Waals surface area contributed by atoms with Gasteiger partial charge in [0.05, 0.1) is 20.3 Å². The number of nitrogens with zero attached hydrogens (tertiary/aromatic N) is 1. The van der Waals surface area contributed by atoms with E-state index in [9.17, 15) is 14.4 Å². The number of amides is 1. The molecule has 0 radical (unpaired) electrons. The summed E-state index contributed by atoms with van der Waals surface area (Å²) in [4.78, 5) is 42.0. The molecule has 2 aromatic rings. The molecule has 1 aliphatic rings. The first-order valence-corrected chi connectivity index (χ1v) is 10.5. The van der Waals surface area contributed by atoms with Crippen molar-refractivity contribution in [1.29, 1.82) is 0 Å². The number of fused-ring (bicyclic) bond motifs is 3. The average molecular weight is 457 g/mol. The number of ether oxygens (including phenoxy) is 2. The van der Waals surface area contributed by atoms with Crippen molar-refractivity contribution in [2.75, 3.05) is 20.1 Å². The first-order valence-electron chi connectivity index (χ1n) is 10.0. The van der Waals surface area contributed by atoms with Crippen LogP contribution in [0.5, 0.6) is 0 Å². The number of para-hydroxylation sites is 1. The van der Waals surface area contributed by atoms with Crippen LogP contribution < -0.4 is 0 Å². The number of aromatic amines is 1. The van der Waals surface area contributed by atoms with Gasteiger partial charge in [0.2, 0.25) is 5.91 Å². The van der Waals surface area contributed by atoms with Crippen LogP contribution in [0.2, 0.25) is 0 Å². The molecule has 1 N–H and O–H groups in total. The van der Waals surface area contributed by atoms with Gasteiger partial charge in [-0.1, -0.05) is 43.0 Å². The van der Waals surface area contributed by atoms with Gasteiger partial charge in [0.25, 0.3) is 0 Å². The molecule has 0 saturated carbocycles. The van der Waals surface area contributed by atoms with Crippen LogP contribution in [0.3, 0.4) is 0 Å². The Kier molecular flexibility index (Phi) is 7.20. The van der Waals surface area contributed by atoms with Crippen molar-refractivity contribution in [2.24, 2.45) is 0 Å². The molecular formula is C24H25ClN2O5. The zero-order valence-electron chi connectivity index (χ0n) is 18.2. The minimum atomic E-state index is -0.847. The first-order chi connectivity index (χ1) is 15.3. The van der Waals surface area contributed by atoms with E-state index < -0.39 is 29.9 Å². The summed E-state index contributed by atoms with van der Waals surface area (Å²) in [6, 6.07) is 6.23. The Labute approximate surface area is 191 Å². The number of H-pyrrole nitrogens is 1. The average Bonchev–Trinajstić information content (AvgIpc) is 3.19. The molecule has 2 atom stereocenters. The second-order valence-electron chi connectivity index (χ2n) is 7.42. The number of hydrogen-bond donors (Lipinski definition) is 1. The summed E-state index contributed by atoms with van der Waals surface area (Å²) in [5, 5.41) is 0.970. The van der Waals surface area contributed by atoms with Gasteiger partial charge in [-0.3, -0.25) is 4.79 Å². The van der Waals surface area contributed by atoms with Crippen LogP contribution in [-0.2, 0) is 30.3 Å². The monoisotopic (exact) mass is 456 g/mol. The Morgan fingerprint density at radius 2 is 1.97 bits per heavy atom. The van der Waals surface area contributed by atoms with Crippen LogP contribution in [0.1, 0.15) is 24.2 Å². The zero-order valence-corrected chi connectivity index (χ0v) is 18.9. The molecule has 1 aromatic heterocycles. The Bertz CT molecular complexity index is 1130. The number of rotatable bonds is 6. The lowest BCUT2D eigenvalue weighted by atomic mass is 9.88. The summed E-state index contributed by atoms with van der Waals surface area (Å²) in [6.45, 7) is 5.79. The summed E-state index contributed by atoms with van der Waals surface area (Å²) in [5.74, 6) is -1.67. The standard InChI is InChI=1S/C24H25ClN2O5/c1-14(8-7-9-15(2)23(29)31-3)22-21-17(16-10-5-6-11-18(16)26-21)12-19(24(30)32-4)27(22)20(28)13-25/h5-11,19,22,26H,1,12-13H2,2-4H3/b8-7-,15-9+/t19-,22+/m1/s1. The Morgan fingerprint density at radius 1 is 1.25 bits per heavy atom. The lowest BCUT2D eigenvalue weighted by molar-refractivity contribution is -0.154. The van der Waals surface area contributed by atoms with E-state index >= 15 is 0 Å². The van der Waals surface area contributed by atoms with E-state index in [0.717, 1.165) is 22.2 Å². The van der Waals surface area contributed by atoms with Gasteiger partial charge in [-0.2, -0.15) is 0 Å². The first kappa shape index (κ1) is 23.3. The summed E-state index contributed by atoms with van der Waals surface area (Å²) >= 11 is 5.91. The molecule has 0 saturated heterocycles. The van der Waals surface area contributed by atoms with E-state index in [1.165, 1.54) is 19.1 Å². The van der Waals surface area contributed by atoms with Crippen molar-refractivity contribution in [3.8, 4) is 0 Å². The van der Waals surface area contributed by atoms with Crippen molar-refractivity contribution in [1.82, 2.24) is 9.88 Å². The quantitative estimate of drug-likeness (QED) is 0.310. The number of alkyl halides is 1. The van der Waals surface area contributed by atoms with Crippen molar-refractivity contribution >= 4 is 40.3 Å². The lowest BCUT2D eigenvalue weighted by Crippen LogP contribution is -2.52. The summed E-state index contributed by atoms with van der Waals surface area (Å²) in [5.41, 5.74) is 3.54. The van der Waals surface area contributed by atoms with Crippen molar-refractivity contribution in [3.05, 3.63) is 71.5 Å². The number of methoxy groups -OCH3 is 2. The van der Waals surface area contributed by atoms with Gasteiger partial charge in [0.15, 0.2) is 0 Å². The number of hydrogen-bond acceptors (Lipinski definition) is 5. The highest BCUT2D eigenvalue weighted by Crippen LogP contribution is 2.41. The van der Waals surface area contributed by atoms with Crippen LogP contribution >= 0.6 is 11.6 Å². The van der Waals surface area contributed by atoms with E-state index in [-0.39, 0.29) is 5.88 Å². The Balaban J connectivity index is 2.12. The van der Waals surface area contributed by atoms with Crippen molar-refractivity contribution in [2.45, 2.75) is 25.4 Å². The van der Waals surface area contributed by atoms with E-state index in [1.54, 1.807) is 25.2 Å². The van der Waals surface area contributed by atoms with Crippen LogP contribution in [-0.4, -0.2) is 53.9 Å². The Morgan fingerprint density at radius 3 is 2.62 bits per heavy atom. The number of esters is 2. The molecule has 3 rings (SSSR count). The maximum atomic E-state index is 12.9. The number of aromatic nitrogens is 1. The van der Waals surface area contributed by atoms with Gasteiger partial charge in [-0.05, 0) is 24.1 Å². The highest BCUT2D eigenvalue weighted by molar-refractivity contribution is 6.27. The van der Waals surface area contributed by atoms with E-state index in [1.807, 2.05) is 24.3 Å². The summed E-state index contributed by atoms with van der Waals surface area (Å²) in [6.07, 6.45) is 5.24. The fourth-order valence-electron chi connectivity index (χ4n) is 4.00. The second-order valence-corrected chi connectivity index (χ2v) is 7.69. The minimum absolute atomic E-state index is 0.294. The fourth-order valence-corrected chi connectivity index (χ4v) is 4.14. The third-order valence-electron chi connectivity index (χ3n) is 5.52. The van der Waals surface area contributed by atoms with Crippen molar-refractivity contribution < 1.29 is 23.9 Å². The zero-order chi connectivity index (χ0) is 23.4. The van der Waals surface area contributed by atoms with Gasteiger partial charge < -0.3 is 19.4 Å². The van der Waals surface area contributed by atoms with E-state index in [0.29, 0.717) is 17.6 Å². The number of halogens is 1. The molecule has 0 fully saturated rings. The normalized spacial score (nSPS) is 18.5. The van der Waals surface area contributed by atoms with Gasteiger partial charge >= 0.3 is 11.9 Å². The molecule has 32 heavy (non-hydrogen) atoms. The second kappa shape index (κ2) is 9.87. The molecule has 1 aliphatic heterocycles. The molecule has 0 spiro atoms. The van der Waals surface area contributed by atoms with Gasteiger partial charge in [0, 0.05) is 28.6 Å². The largest absolute Gasteiger partial charge is 0.467 e. The van der Waals surface area contributed by atoms with Crippen LogP contribution in [0.4, 0.5) is 0 Å². The Hall–Kier alpha value is -3.32. The van der Waals surface area contributed by atoms with Crippen LogP contribution in [0.25, 0.3) is 10.9 Å². The molecule has 168 valence electrons. The third kappa shape index (κ3) is 4.34. The number of carbonyl (C=O) groups is 3. The summed E-state index contributed by atoms with van der Waals surface area (Å²) in [7, 11) is 2.60. The maximum absolute atomic E-state index is 12.9. The number of allylic oxidation sites excluding steroid dienone is 2. The van der Waals surface area contributed by atoms with Crippen molar-refractivity contribution in [3.63, 3.8) is 0 Å². The SMILES string of the molecule is C=C(/C=C\C=C(/C)C(=O)OC)[C@H]1c2[nH]c3ccccc3c2C[C@H](C(=O)OC)N1C(=O)CCl. The van der Waals surface area contributed by atoms with Crippen LogP contribution in [0, 0.1) is 0 Å². The molecule has 0 aliphatic carbocycles. The smallest absolute Gasteiger partial charge is 0.333 e. The highest BCUT2D eigenvalue weighted by atomic mass is 35.5. The predicted octanol–water partition coefficient (Wildman–Crippen LogP) is 3.61. The molecule has 8 heteroatoms. The summed E-state index contributed by atoms with van der Waals surface area (Å²) < 4.78 is 9.70. The minimum Gasteiger partial charge on any atom is -0.467 e.